The van der Waals surface area contributed by atoms with Gasteiger partial charge in [-0.25, -0.2) is 5.43 Å². The van der Waals surface area contributed by atoms with Gasteiger partial charge >= 0.3 is 8.56 Å². The first-order valence-electron chi connectivity index (χ1n) is 11.5. The molecule has 3 aromatic carbocycles. The van der Waals surface area contributed by atoms with Gasteiger partial charge in [0.25, 0.3) is 8.32 Å². The molecule has 0 bridgehead atoms. The van der Waals surface area contributed by atoms with E-state index in [9.17, 15) is 0 Å². The molecule has 7 heteroatoms. The number of anilines is 1. The van der Waals surface area contributed by atoms with E-state index in [-0.39, 0.29) is 0 Å². The Bertz CT molecular complexity index is 1140. The minimum atomic E-state index is -2.72. The summed E-state index contributed by atoms with van der Waals surface area (Å²) in [5, 5.41) is 3.26. The second-order valence-electron chi connectivity index (χ2n) is 8.72. The number of hydrogen-bond acceptors (Lipinski definition) is 5. The van der Waals surface area contributed by atoms with Crippen LogP contribution in [0.15, 0.2) is 96.1 Å². The fourth-order valence-electron chi connectivity index (χ4n) is 4.66. The third-order valence-corrected chi connectivity index (χ3v) is 14.3. The van der Waals surface area contributed by atoms with Crippen molar-refractivity contribution < 1.29 is 13.3 Å². The van der Waals surface area contributed by atoms with Crippen molar-refractivity contribution >= 4 is 32.9 Å². The number of rotatable bonds is 2. The lowest BCUT2D eigenvalue weighted by molar-refractivity contribution is 0.184. The number of fused-ring (bicyclic) bond motifs is 1. The van der Waals surface area contributed by atoms with E-state index in [1.807, 2.05) is 6.07 Å². The van der Waals surface area contributed by atoms with E-state index in [0.29, 0.717) is 13.2 Å². The van der Waals surface area contributed by atoms with E-state index in [1.165, 1.54) is 10.8 Å². The summed E-state index contributed by atoms with van der Waals surface area (Å²) in [4.78, 5) is 0. The summed E-state index contributed by atoms with van der Waals surface area (Å²) in [5.41, 5.74) is 8.97. The first kappa shape index (κ1) is 22.0. The monoisotopic (exact) mass is 474 g/mol. The topological polar surface area (TPSA) is 51.8 Å². The number of ether oxygens (including phenoxy) is 1. The van der Waals surface area contributed by atoms with Crippen LogP contribution in [0.4, 0.5) is 5.69 Å². The zero-order valence-electron chi connectivity index (χ0n) is 19.1. The van der Waals surface area contributed by atoms with Crippen LogP contribution in [0.2, 0.25) is 13.1 Å². The minimum Gasteiger partial charge on any atom is -0.518 e. The molecule has 0 radical (unpaired) electrons. The van der Waals surface area contributed by atoms with Gasteiger partial charge in [-0.15, -0.1) is 0 Å². The summed E-state index contributed by atoms with van der Waals surface area (Å²) >= 11 is 0. The maximum absolute atomic E-state index is 7.11. The van der Waals surface area contributed by atoms with Gasteiger partial charge in [-0.2, -0.15) is 0 Å². The highest BCUT2D eigenvalue weighted by Gasteiger charge is 2.54. The lowest BCUT2D eigenvalue weighted by atomic mass is 10.1. The summed E-state index contributed by atoms with van der Waals surface area (Å²) in [6.45, 7) is 5.62. The molecule has 2 aliphatic rings. The fourth-order valence-corrected chi connectivity index (χ4v) is 13.1. The van der Waals surface area contributed by atoms with Crippen LogP contribution >= 0.6 is 0 Å². The normalized spacial score (nSPS) is 25.4. The number of hydrogen-bond donors (Lipinski definition) is 2. The molecule has 2 aliphatic heterocycles. The highest BCUT2D eigenvalue weighted by atomic mass is 28.4. The summed E-state index contributed by atoms with van der Waals surface area (Å²) in [6.07, 6.45) is 1.62. The summed E-state index contributed by atoms with van der Waals surface area (Å²) in [7, 11) is -5.37. The number of hydrazine groups is 1. The van der Waals surface area contributed by atoms with E-state index >= 15 is 0 Å². The van der Waals surface area contributed by atoms with Crippen LogP contribution < -0.4 is 21.2 Å². The molecule has 2 N–H and O–H groups in total. The van der Waals surface area contributed by atoms with E-state index in [1.54, 1.807) is 0 Å². The van der Waals surface area contributed by atoms with Crippen LogP contribution in [0.25, 0.3) is 0 Å². The van der Waals surface area contributed by atoms with Crippen LogP contribution in [0, 0.1) is 0 Å². The molecule has 0 spiro atoms. The van der Waals surface area contributed by atoms with Crippen molar-refractivity contribution in [2.75, 3.05) is 18.6 Å². The predicted octanol–water partition coefficient (Wildman–Crippen LogP) is 3.83. The second kappa shape index (κ2) is 9.19. The van der Waals surface area contributed by atoms with Crippen molar-refractivity contribution in [3.8, 4) is 0 Å². The Balaban J connectivity index is 1.62. The summed E-state index contributed by atoms with van der Waals surface area (Å²) < 4.78 is 20.4. The largest absolute Gasteiger partial charge is 0.518 e. The van der Waals surface area contributed by atoms with Crippen molar-refractivity contribution in [2.45, 2.75) is 25.9 Å². The lowest BCUT2D eigenvalue weighted by Gasteiger charge is -2.44. The SMILES string of the molecule is C[Si]1(c2ccccc2)OC2=C(OCCNNc3ccccc3CC2)[Si](C)(c2ccccc2)O1. The van der Waals surface area contributed by atoms with Crippen molar-refractivity contribution in [3.63, 3.8) is 0 Å². The smallest absolute Gasteiger partial charge is 0.420 e. The molecule has 5 rings (SSSR count). The van der Waals surface area contributed by atoms with E-state index < -0.39 is 16.9 Å². The Morgan fingerprint density at radius 1 is 0.758 bits per heavy atom. The zero-order valence-corrected chi connectivity index (χ0v) is 21.1. The summed E-state index contributed by atoms with van der Waals surface area (Å²) in [6, 6.07) is 29.4. The molecule has 2 unspecified atom stereocenters. The van der Waals surface area contributed by atoms with Gasteiger partial charge in [0.15, 0.2) is 0 Å². The van der Waals surface area contributed by atoms with Crippen molar-refractivity contribution in [2.24, 2.45) is 0 Å². The molecule has 2 heterocycles. The van der Waals surface area contributed by atoms with Gasteiger partial charge < -0.3 is 18.7 Å². The van der Waals surface area contributed by atoms with Gasteiger partial charge in [0.05, 0.1) is 5.69 Å². The third-order valence-electron chi connectivity index (χ3n) is 6.36. The highest BCUT2D eigenvalue weighted by Crippen LogP contribution is 2.36. The van der Waals surface area contributed by atoms with Crippen molar-refractivity contribution in [3.05, 3.63) is 102 Å². The molecule has 170 valence electrons. The van der Waals surface area contributed by atoms with Crippen molar-refractivity contribution in [1.82, 2.24) is 5.43 Å². The highest BCUT2D eigenvalue weighted by molar-refractivity contribution is 7.00. The first-order chi connectivity index (χ1) is 16.1. The van der Waals surface area contributed by atoms with Gasteiger partial charge in [0.2, 0.25) is 0 Å². The molecule has 0 aliphatic carbocycles. The van der Waals surface area contributed by atoms with E-state index in [2.05, 4.69) is 103 Å². The zero-order chi connectivity index (χ0) is 22.7. The average molecular weight is 475 g/mol. The molecular weight excluding hydrogens is 444 g/mol. The Morgan fingerprint density at radius 2 is 1.42 bits per heavy atom. The average Bonchev–Trinajstić information content (AvgIpc) is 2.89. The Morgan fingerprint density at radius 3 is 2.18 bits per heavy atom. The van der Waals surface area contributed by atoms with Crippen LogP contribution in [0.3, 0.4) is 0 Å². The summed E-state index contributed by atoms with van der Waals surface area (Å²) in [5.74, 6) is 0.953. The standard InChI is InChI=1S/C26H30N2O3Si2/c1-32(22-12-5-3-6-13-22)26-25(30-33(2,31-32)23-14-7-4-8-15-23)18-17-21-11-9-10-16-24(21)28-27-19-20-29-26/h3-16,27-28H,17-20H2,1-2H3. The van der Waals surface area contributed by atoms with Crippen LogP contribution in [0.5, 0.6) is 0 Å². The first-order valence-corrected chi connectivity index (χ1v) is 16.2. The van der Waals surface area contributed by atoms with Gasteiger partial charge in [-0.1, -0.05) is 78.9 Å². The quantitative estimate of drug-likeness (QED) is 0.553. The second-order valence-corrected chi connectivity index (χ2v) is 15.3. The maximum atomic E-state index is 7.11. The van der Waals surface area contributed by atoms with E-state index in [0.717, 1.165) is 34.9 Å². The number of para-hydroxylation sites is 1. The minimum absolute atomic E-state index is 0.528. The van der Waals surface area contributed by atoms with Crippen LogP contribution in [-0.2, 0) is 19.7 Å². The van der Waals surface area contributed by atoms with E-state index in [4.69, 9.17) is 13.3 Å². The Hall–Kier alpha value is -2.85. The molecule has 0 amide bonds. The van der Waals surface area contributed by atoms with Crippen LogP contribution in [-0.4, -0.2) is 30.0 Å². The fraction of sp³-hybridized carbons (Fsp3) is 0.231. The number of aryl methyl sites for hydroxylation is 1. The Kier molecular flexibility index (Phi) is 6.12. The molecule has 0 saturated carbocycles. The molecule has 0 fully saturated rings. The number of allylic oxidation sites excluding steroid dienone is 1. The van der Waals surface area contributed by atoms with Gasteiger partial charge in [0.1, 0.15) is 17.7 Å². The maximum Gasteiger partial charge on any atom is 0.420 e. The van der Waals surface area contributed by atoms with Gasteiger partial charge in [0, 0.05) is 18.2 Å². The number of benzene rings is 3. The van der Waals surface area contributed by atoms with Crippen molar-refractivity contribution in [1.29, 1.82) is 0 Å². The lowest BCUT2D eigenvalue weighted by Crippen LogP contribution is -2.66. The molecule has 33 heavy (non-hydrogen) atoms. The van der Waals surface area contributed by atoms with Gasteiger partial charge in [-0.3, -0.25) is 0 Å². The van der Waals surface area contributed by atoms with Crippen LogP contribution in [0.1, 0.15) is 12.0 Å². The Labute approximate surface area is 197 Å². The van der Waals surface area contributed by atoms with Gasteiger partial charge in [-0.05, 0) is 36.3 Å². The molecule has 2 atom stereocenters. The molecule has 5 nitrogen and oxygen atoms in total. The molecular formula is C26H30N2O3Si2. The predicted molar refractivity (Wildman–Crippen MR) is 137 cm³/mol. The number of nitrogens with one attached hydrogen (secondary N) is 2. The molecule has 0 aromatic heterocycles. The third kappa shape index (κ3) is 4.37. The molecule has 3 aromatic rings. The molecule has 0 saturated heterocycles.